The normalized spacial score (nSPS) is 23.5. The van der Waals surface area contributed by atoms with Gasteiger partial charge >= 0.3 is 0 Å². The first kappa shape index (κ1) is 23.5. The molecule has 1 spiro atoms. The van der Waals surface area contributed by atoms with Crippen LogP contribution in [0.15, 0.2) is 30.3 Å². The summed E-state index contributed by atoms with van der Waals surface area (Å²) in [5.41, 5.74) is 2.12. The fourth-order valence-electron chi connectivity index (χ4n) is 6.98. The topological polar surface area (TPSA) is 50.1 Å². The molecule has 3 aromatic rings. The van der Waals surface area contributed by atoms with Crippen LogP contribution in [0, 0.1) is 18.3 Å². The summed E-state index contributed by atoms with van der Waals surface area (Å²) in [5, 5.41) is 9.81. The number of anilines is 1. The third-order valence-electron chi connectivity index (χ3n) is 8.89. The first-order valence-corrected chi connectivity index (χ1v) is 13.2. The zero-order valence-electron chi connectivity index (χ0n) is 20.8. The average Bonchev–Trinajstić information content (AvgIpc) is 3.07. The van der Waals surface area contributed by atoms with Crippen LogP contribution in [-0.2, 0) is 13.1 Å². The van der Waals surface area contributed by atoms with Crippen LogP contribution in [0.4, 0.5) is 19.0 Å². The number of aryl methyl sites for hydroxylation is 1. The predicted octanol–water partition coefficient (Wildman–Crippen LogP) is 5.65. The lowest BCUT2D eigenvalue weighted by Gasteiger charge is -2.59. The van der Waals surface area contributed by atoms with Gasteiger partial charge in [-0.1, -0.05) is 17.7 Å². The van der Waals surface area contributed by atoms with Gasteiger partial charge in [0.2, 0.25) is 5.95 Å². The van der Waals surface area contributed by atoms with Gasteiger partial charge in [-0.3, -0.25) is 9.47 Å². The van der Waals surface area contributed by atoms with E-state index in [0.29, 0.717) is 29.5 Å². The molecule has 0 N–H and O–H groups in total. The highest BCUT2D eigenvalue weighted by Crippen LogP contribution is 2.57. The first-order valence-electron chi connectivity index (χ1n) is 12.8. The fourth-order valence-corrected chi connectivity index (χ4v) is 7.18. The van der Waals surface area contributed by atoms with Crippen LogP contribution < -0.4 is 4.90 Å². The molecule has 37 heavy (non-hydrogen) atoms. The lowest BCUT2D eigenvalue weighted by Crippen LogP contribution is -2.62. The second-order valence-corrected chi connectivity index (χ2v) is 12.3. The Kier molecular flexibility index (Phi) is 4.88. The highest BCUT2D eigenvalue weighted by molar-refractivity contribution is 6.30. The molecule has 2 aliphatic heterocycles. The molecule has 0 radical (unpaired) electrons. The van der Waals surface area contributed by atoms with E-state index in [1.54, 1.807) is 13.0 Å². The Morgan fingerprint density at radius 3 is 2.49 bits per heavy atom. The van der Waals surface area contributed by atoms with Crippen LogP contribution in [0.2, 0.25) is 5.02 Å². The molecule has 4 heterocycles. The number of fused-ring (bicyclic) bond motifs is 3. The van der Waals surface area contributed by atoms with Gasteiger partial charge in [-0.05, 0) is 56.5 Å². The van der Waals surface area contributed by atoms with E-state index < -0.39 is 17.4 Å². The quantitative estimate of drug-likeness (QED) is 0.411. The molecule has 1 aromatic carbocycles. The van der Waals surface area contributed by atoms with E-state index in [0.717, 1.165) is 48.8 Å². The largest absolute Gasteiger partial charge is 0.355 e. The lowest BCUT2D eigenvalue weighted by atomic mass is 9.57. The number of hydrogen-bond donors (Lipinski definition) is 0. The van der Waals surface area contributed by atoms with Gasteiger partial charge in [0.15, 0.2) is 5.82 Å². The van der Waals surface area contributed by atoms with Crippen molar-refractivity contribution in [3.8, 4) is 5.69 Å². The van der Waals surface area contributed by atoms with E-state index >= 15 is 0 Å². The van der Waals surface area contributed by atoms with Crippen molar-refractivity contribution in [3.05, 3.63) is 64.1 Å². The zero-order valence-corrected chi connectivity index (χ0v) is 21.6. The van der Waals surface area contributed by atoms with Gasteiger partial charge in [0.25, 0.3) is 5.92 Å². The minimum Gasteiger partial charge on any atom is -0.355 e. The van der Waals surface area contributed by atoms with Crippen molar-refractivity contribution >= 4 is 17.4 Å². The Balaban J connectivity index is 1.14. The summed E-state index contributed by atoms with van der Waals surface area (Å²) in [5.74, 6) is -0.382. The Labute approximate surface area is 218 Å². The van der Waals surface area contributed by atoms with Crippen molar-refractivity contribution in [3.63, 3.8) is 0 Å². The van der Waals surface area contributed by atoms with Crippen molar-refractivity contribution < 1.29 is 13.2 Å². The monoisotopic (exact) mass is 528 g/mol. The minimum absolute atomic E-state index is 0.154. The highest BCUT2D eigenvalue weighted by Gasteiger charge is 2.57. The molecule has 2 aromatic heterocycles. The molecule has 0 amide bonds. The van der Waals surface area contributed by atoms with E-state index in [4.69, 9.17) is 11.6 Å². The molecule has 3 fully saturated rings. The molecule has 0 bridgehead atoms. The number of pyridine rings is 1. The maximum Gasteiger partial charge on any atom is 0.251 e. The smallest absolute Gasteiger partial charge is 0.251 e. The average molecular weight is 529 g/mol. The highest BCUT2D eigenvalue weighted by atomic mass is 35.5. The number of benzene rings is 1. The molecule has 0 atom stereocenters. The lowest BCUT2D eigenvalue weighted by molar-refractivity contribution is -0.173. The molecular weight excluding hydrogens is 501 g/mol. The second kappa shape index (κ2) is 7.69. The Hall–Kier alpha value is -2.65. The molecular formula is C27H28ClF3N6. The van der Waals surface area contributed by atoms with Crippen LogP contribution in [0.5, 0.6) is 0 Å². The number of aromatic nitrogens is 4. The summed E-state index contributed by atoms with van der Waals surface area (Å²) >= 11 is 6.36. The van der Waals surface area contributed by atoms with Crippen LogP contribution in [-0.4, -0.2) is 49.2 Å². The van der Waals surface area contributed by atoms with E-state index in [-0.39, 0.29) is 24.2 Å². The summed E-state index contributed by atoms with van der Waals surface area (Å²) < 4.78 is 43.8. The van der Waals surface area contributed by atoms with Crippen molar-refractivity contribution in [2.24, 2.45) is 5.41 Å². The summed E-state index contributed by atoms with van der Waals surface area (Å²) in [6.07, 6.45) is 1.65. The Morgan fingerprint density at radius 2 is 1.78 bits per heavy atom. The van der Waals surface area contributed by atoms with Crippen LogP contribution in [0.3, 0.4) is 0 Å². The first-order chi connectivity index (χ1) is 17.5. The van der Waals surface area contributed by atoms with E-state index in [1.807, 2.05) is 31.2 Å². The maximum absolute atomic E-state index is 13.9. The summed E-state index contributed by atoms with van der Waals surface area (Å²) in [7, 11) is 0. The molecule has 194 valence electrons. The second-order valence-electron chi connectivity index (χ2n) is 11.9. The minimum atomic E-state index is -2.62. The standard InChI is InChI=1S/C27H28ClF3N6/c1-16-3-6-21(32-23(16)29)35-14-26(15-35)8-18(9-26)24-34-33-22-11-36(25(2)12-27(30,31)13-25)10-17-7-19(28)4-5-20(17)37(22)24/h3-7,18H,8-15H2,1-2H3. The molecule has 2 saturated carbocycles. The molecule has 7 rings (SSSR count). The van der Waals surface area contributed by atoms with Gasteiger partial charge in [0.1, 0.15) is 11.6 Å². The third-order valence-corrected chi connectivity index (χ3v) is 9.13. The van der Waals surface area contributed by atoms with E-state index in [2.05, 4.69) is 29.5 Å². The van der Waals surface area contributed by atoms with Gasteiger partial charge in [0.05, 0.1) is 12.2 Å². The van der Waals surface area contributed by atoms with Gasteiger partial charge in [-0.25, -0.2) is 13.8 Å². The number of halogens is 4. The Morgan fingerprint density at radius 1 is 1.03 bits per heavy atom. The SMILES string of the molecule is Cc1ccc(N2CC3(CC(c4nnc5n4-c4ccc(Cl)cc4CN(C4(C)CC(F)(F)C4)C5)C3)C2)nc1F. The third kappa shape index (κ3) is 3.68. The van der Waals surface area contributed by atoms with Crippen molar-refractivity contribution in [1.29, 1.82) is 0 Å². The molecule has 6 nitrogen and oxygen atoms in total. The Bertz CT molecular complexity index is 1400. The van der Waals surface area contributed by atoms with Crippen molar-refractivity contribution in [1.82, 2.24) is 24.6 Å². The molecule has 10 heteroatoms. The van der Waals surface area contributed by atoms with Gasteiger partial charge in [0, 0.05) is 59.9 Å². The van der Waals surface area contributed by atoms with Crippen LogP contribution in [0.25, 0.3) is 5.69 Å². The summed E-state index contributed by atoms with van der Waals surface area (Å²) in [6, 6.07) is 9.44. The number of nitrogens with zero attached hydrogens (tertiary/aromatic N) is 6. The van der Waals surface area contributed by atoms with Crippen LogP contribution >= 0.6 is 11.6 Å². The van der Waals surface area contributed by atoms with Crippen LogP contribution in [0.1, 0.15) is 61.3 Å². The zero-order chi connectivity index (χ0) is 25.7. The summed E-state index contributed by atoms with van der Waals surface area (Å²) in [4.78, 5) is 8.35. The van der Waals surface area contributed by atoms with Crippen molar-refractivity contribution in [2.45, 2.75) is 70.0 Å². The van der Waals surface area contributed by atoms with Gasteiger partial charge < -0.3 is 4.90 Å². The fraction of sp³-hybridized carbons (Fsp3) is 0.519. The van der Waals surface area contributed by atoms with Crippen molar-refractivity contribution in [2.75, 3.05) is 18.0 Å². The predicted molar refractivity (Wildman–Crippen MR) is 134 cm³/mol. The van der Waals surface area contributed by atoms with E-state index in [9.17, 15) is 13.2 Å². The maximum atomic E-state index is 13.9. The van der Waals surface area contributed by atoms with Gasteiger partial charge in [-0.2, -0.15) is 4.39 Å². The van der Waals surface area contributed by atoms with E-state index in [1.165, 1.54) is 0 Å². The number of alkyl halides is 2. The molecule has 1 saturated heterocycles. The summed E-state index contributed by atoms with van der Waals surface area (Å²) in [6.45, 7) is 6.33. The molecule has 0 unspecified atom stereocenters. The number of hydrogen-bond acceptors (Lipinski definition) is 5. The molecule has 4 aliphatic rings. The molecule has 2 aliphatic carbocycles. The van der Waals surface area contributed by atoms with Gasteiger partial charge in [-0.15, -0.1) is 10.2 Å². The number of rotatable bonds is 3.